The summed E-state index contributed by atoms with van der Waals surface area (Å²) in [5.74, 6) is -0.253. The fraction of sp³-hybridized carbons (Fsp3) is 0.133. The van der Waals surface area contributed by atoms with Gasteiger partial charge in [0, 0.05) is 10.6 Å². The average Bonchev–Trinajstić information content (AvgIpc) is 2.99. The van der Waals surface area contributed by atoms with Gasteiger partial charge in [0.1, 0.15) is 11.4 Å². The van der Waals surface area contributed by atoms with E-state index in [0.717, 1.165) is 10.6 Å². The standard InChI is InChI=1S/C15H13N3O2S2/c1-21-11-4-2-3-10(7-11)17-13(19)8-18-9-16-14-12(15(18)20)5-6-22-14/h2-7,9H,8H2,1H3,(H,17,19). The van der Waals surface area contributed by atoms with Gasteiger partial charge in [-0.1, -0.05) is 6.07 Å². The highest BCUT2D eigenvalue weighted by Crippen LogP contribution is 2.19. The monoisotopic (exact) mass is 331 g/mol. The van der Waals surface area contributed by atoms with Gasteiger partial charge in [-0.2, -0.15) is 0 Å². The van der Waals surface area contributed by atoms with Crippen molar-refractivity contribution in [3.8, 4) is 0 Å². The minimum atomic E-state index is -0.253. The summed E-state index contributed by atoms with van der Waals surface area (Å²) in [7, 11) is 0. The molecule has 7 heteroatoms. The highest BCUT2D eigenvalue weighted by molar-refractivity contribution is 7.98. The quantitative estimate of drug-likeness (QED) is 0.747. The van der Waals surface area contributed by atoms with E-state index in [0.29, 0.717) is 10.2 Å². The van der Waals surface area contributed by atoms with E-state index in [-0.39, 0.29) is 18.0 Å². The molecule has 0 saturated heterocycles. The predicted octanol–water partition coefficient (Wildman–Crippen LogP) is 2.82. The molecule has 1 aromatic carbocycles. The van der Waals surface area contributed by atoms with Gasteiger partial charge in [-0.15, -0.1) is 23.1 Å². The number of amides is 1. The zero-order valence-corrected chi connectivity index (χ0v) is 13.4. The average molecular weight is 331 g/mol. The number of carbonyl (C=O) groups is 1. The third-order valence-electron chi connectivity index (χ3n) is 3.12. The second kappa shape index (κ2) is 6.33. The van der Waals surface area contributed by atoms with Crippen LogP contribution in [0.3, 0.4) is 0 Å². The predicted molar refractivity (Wildman–Crippen MR) is 90.7 cm³/mol. The lowest BCUT2D eigenvalue weighted by Gasteiger charge is -2.08. The molecule has 2 aromatic heterocycles. The molecule has 1 amide bonds. The number of anilines is 1. The van der Waals surface area contributed by atoms with Crippen LogP contribution in [0.1, 0.15) is 0 Å². The Bertz CT molecular complexity index is 886. The van der Waals surface area contributed by atoms with Crippen LogP contribution in [0.2, 0.25) is 0 Å². The minimum absolute atomic E-state index is 0.0544. The maximum atomic E-state index is 12.2. The first-order valence-corrected chi connectivity index (χ1v) is 8.64. The smallest absolute Gasteiger partial charge is 0.262 e. The number of rotatable bonds is 4. The summed E-state index contributed by atoms with van der Waals surface area (Å²) >= 11 is 3.01. The van der Waals surface area contributed by atoms with Gasteiger partial charge in [-0.3, -0.25) is 14.2 Å². The van der Waals surface area contributed by atoms with E-state index in [1.54, 1.807) is 17.8 Å². The van der Waals surface area contributed by atoms with Crippen LogP contribution in [-0.2, 0) is 11.3 Å². The molecular formula is C15H13N3O2S2. The van der Waals surface area contributed by atoms with Gasteiger partial charge >= 0.3 is 0 Å². The highest BCUT2D eigenvalue weighted by Gasteiger charge is 2.09. The van der Waals surface area contributed by atoms with Crippen LogP contribution >= 0.6 is 23.1 Å². The first kappa shape index (κ1) is 14.8. The van der Waals surface area contributed by atoms with Crippen molar-refractivity contribution in [2.75, 3.05) is 11.6 Å². The van der Waals surface area contributed by atoms with Crippen LogP contribution in [0.5, 0.6) is 0 Å². The highest BCUT2D eigenvalue weighted by atomic mass is 32.2. The van der Waals surface area contributed by atoms with Crippen molar-refractivity contribution in [1.29, 1.82) is 0 Å². The molecule has 0 aliphatic rings. The molecule has 0 aliphatic carbocycles. The Kier molecular flexibility index (Phi) is 4.26. The first-order chi connectivity index (χ1) is 10.7. The Morgan fingerprint density at radius 3 is 3.09 bits per heavy atom. The third-order valence-corrected chi connectivity index (χ3v) is 4.66. The number of thioether (sulfide) groups is 1. The second-order valence-electron chi connectivity index (χ2n) is 4.60. The Balaban J connectivity index is 1.78. The number of benzene rings is 1. The molecule has 0 atom stereocenters. The number of nitrogens with zero attached hydrogens (tertiary/aromatic N) is 2. The number of aromatic nitrogens is 2. The van der Waals surface area contributed by atoms with Crippen molar-refractivity contribution < 1.29 is 4.79 Å². The van der Waals surface area contributed by atoms with Crippen LogP contribution in [0.25, 0.3) is 10.2 Å². The van der Waals surface area contributed by atoms with Gasteiger partial charge in [0.25, 0.3) is 5.56 Å². The summed E-state index contributed by atoms with van der Waals surface area (Å²) in [5.41, 5.74) is 0.522. The Hall–Kier alpha value is -2.12. The van der Waals surface area contributed by atoms with E-state index in [2.05, 4.69) is 10.3 Å². The van der Waals surface area contributed by atoms with Crippen LogP contribution in [0.4, 0.5) is 5.69 Å². The number of thiophene rings is 1. The molecule has 0 fully saturated rings. The molecule has 0 bridgehead atoms. The van der Waals surface area contributed by atoms with Gasteiger partial charge < -0.3 is 5.32 Å². The van der Waals surface area contributed by atoms with E-state index < -0.39 is 0 Å². The second-order valence-corrected chi connectivity index (χ2v) is 6.37. The van der Waals surface area contributed by atoms with Gasteiger partial charge in [-0.05, 0) is 35.9 Å². The summed E-state index contributed by atoms with van der Waals surface area (Å²) in [6, 6.07) is 9.30. The normalized spacial score (nSPS) is 10.8. The van der Waals surface area contributed by atoms with Crippen molar-refractivity contribution in [2.45, 2.75) is 11.4 Å². The zero-order chi connectivity index (χ0) is 15.5. The molecular weight excluding hydrogens is 318 g/mol. The minimum Gasteiger partial charge on any atom is -0.324 e. The van der Waals surface area contributed by atoms with Crippen molar-refractivity contribution in [2.24, 2.45) is 0 Å². The third kappa shape index (κ3) is 3.05. The molecule has 22 heavy (non-hydrogen) atoms. The van der Waals surface area contributed by atoms with Crippen LogP contribution < -0.4 is 10.9 Å². The number of nitrogens with one attached hydrogen (secondary N) is 1. The lowest BCUT2D eigenvalue weighted by molar-refractivity contribution is -0.116. The maximum Gasteiger partial charge on any atom is 0.262 e. The molecule has 0 radical (unpaired) electrons. The van der Waals surface area contributed by atoms with E-state index in [9.17, 15) is 9.59 Å². The van der Waals surface area contributed by atoms with Crippen molar-refractivity contribution in [1.82, 2.24) is 9.55 Å². The summed E-state index contributed by atoms with van der Waals surface area (Å²) in [5, 5.41) is 5.16. The van der Waals surface area contributed by atoms with Crippen molar-refractivity contribution >= 4 is 44.9 Å². The Labute approximate surface area is 135 Å². The van der Waals surface area contributed by atoms with Gasteiger partial charge in [0.2, 0.25) is 5.91 Å². The first-order valence-electron chi connectivity index (χ1n) is 6.54. The number of carbonyl (C=O) groups excluding carboxylic acids is 1. The molecule has 0 saturated carbocycles. The van der Waals surface area contributed by atoms with E-state index in [1.165, 1.54) is 22.2 Å². The summed E-state index contributed by atoms with van der Waals surface area (Å²) in [6.07, 6.45) is 3.39. The van der Waals surface area contributed by atoms with Crippen LogP contribution in [-0.4, -0.2) is 21.7 Å². The SMILES string of the molecule is CSc1cccc(NC(=O)Cn2cnc3sccc3c2=O)c1. The van der Waals surface area contributed by atoms with Crippen LogP contribution in [0.15, 0.2) is 51.7 Å². The number of fused-ring (bicyclic) bond motifs is 1. The lowest BCUT2D eigenvalue weighted by atomic mass is 10.3. The van der Waals surface area contributed by atoms with Crippen LogP contribution in [0, 0.1) is 0 Å². The molecule has 3 aromatic rings. The Morgan fingerprint density at radius 1 is 1.41 bits per heavy atom. The number of hydrogen-bond donors (Lipinski definition) is 1. The molecule has 0 spiro atoms. The van der Waals surface area contributed by atoms with E-state index in [1.807, 2.05) is 35.9 Å². The molecule has 5 nitrogen and oxygen atoms in total. The lowest BCUT2D eigenvalue weighted by Crippen LogP contribution is -2.27. The maximum absolute atomic E-state index is 12.2. The van der Waals surface area contributed by atoms with E-state index >= 15 is 0 Å². The zero-order valence-electron chi connectivity index (χ0n) is 11.8. The number of hydrogen-bond acceptors (Lipinski definition) is 5. The van der Waals surface area contributed by atoms with Gasteiger partial charge in [0.15, 0.2) is 0 Å². The molecule has 0 aliphatic heterocycles. The van der Waals surface area contributed by atoms with Gasteiger partial charge in [-0.25, -0.2) is 4.98 Å². The fourth-order valence-electron chi connectivity index (χ4n) is 2.06. The summed E-state index contributed by atoms with van der Waals surface area (Å²) in [6.45, 7) is -0.0544. The van der Waals surface area contributed by atoms with Crippen molar-refractivity contribution in [3.63, 3.8) is 0 Å². The Morgan fingerprint density at radius 2 is 2.27 bits per heavy atom. The largest absolute Gasteiger partial charge is 0.324 e. The molecule has 2 heterocycles. The molecule has 0 unspecified atom stereocenters. The molecule has 112 valence electrons. The van der Waals surface area contributed by atoms with Gasteiger partial charge in [0.05, 0.1) is 11.7 Å². The van der Waals surface area contributed by atoms with E-state index in [4.69, 9.17) is 0 Å². The molecule has 3 rings (SSSR count). The fourth-order valence-corrected chi connectivity index (χ4v) is 3.24. The summed E-state index contributed by atoms with van der Waals surface area (Å²) < 4.78 is 1.32. The van der Waals surface area contributed by atoms with Crippen molar-refractivity contribution in [3.05, 3.63) is 52.4 Å². The summed E-state index contributed by atoms with van der Waals surface area (Å²) in [4.78, 5) is 30.3. The topological polar surface area (TPSA) is 64.0 Å². The molecule has 1 N–H and O–H groups in total.